The number of nitrogens with zero attached hydrogens (tertiary/aromatic N) is 2. The average Bonchev–Trinajstić information content (AvgIpc) is 2.78. The fraction of sp³-hybridized carbons (Fsp3) is 0.714. The minimum atomic E-state index is -0.472. The minimum absolute atomic E-state index is 0. The molecule has 116 valence electrons. The Morgan fingerprint density at radius 2 is 2.05 bits per heavy atom. The highest BCUT2D eigenvalue weighted by Gasteiger charge is 2.33. The number of aromatic nitrogens is 2. The van der Waals surface area contributed by atoms with Crippen LogP contribution in [-0.4, -0.2) is 22.2 Å². The fourth-order valence-electron chi connectivity index (χ4n) is 2.12. The van der Waals surface area contributed by atoms with E-state index in [-0.39, 0.29) is 18.3 Å². The zero-order chi connectivity index (χ0) is 14.5. The first-order valence-corrected chi connectivity index (χ1v) is 7.01. The van der Waals surface area contributed by atoms with Gasteiger partial charge in [0.05, 0.1) is 17.3 Å². The molecule has 3 N–H and O–H groups in total. The van der Waals surface area contributed by atoms with Crippen LogP contribution in [-0.2, 0) is 11.3 Å². The molecule has 1 aromatic heterocycles. The maximum Gasteiger partial charge on any atom is 0.231 e. The summed E-state index contributed by atoms with van der Waals surface area (Å²) in [6.45, 7) is 9.47. The number of hydrogen-bond donors (Lipinski definition) is 2. The van der Waals surface area contributed by atoms with Crippen LogP contribution in [0, 0.1) is 11.3 Å². The Kier molecular flexibility index (Phi) is 7.83. The first-order chi connectivity index (χ1) is 8.97. The molecule has 0 atom stereocenters. The monoisotopic (exact) mass is 302 g/mol. The molecule has 0 saturated carbocycles. The first kappa shape index (κ1) is 18.9. The minimum Gasteiger partial charge on any atom is -0.329 e. The number of anilines is 1. The zero-order valence-electron chi connectivity index (χ0n) is 12.8. The molecule has 0 aromatic carbocycles. The highest BCUT2D eigenvalue weighted by atomic mass is 35.5. The fourth-order valence-corrected chi connectivity index (χ4v) is 2.12. The average molecular weight is 303 g/mol. The van der Waals surface area contributed by atoms with E-state index < -0.39 is 5.41 Å². The van der Waals surface area contributed by atoms with Gasteiger partial charge < -0.3 is 11.1 Å². The van der Waals surface area contributed by atoms with Crippen LogP contribution in [0.25, 0.3) is 0 Å². The predicted octanol–water partition coefficient (Wildman–Crippen LogP) is 2.66. The van der Waals surface area contributed by atoms with E-state index in [1.807, 2.05) is 24.7 Å². The molecule has 0 aliphatic rings. The van der Waals surface area contributed by atoms with Crippen molar-refractivity contribution >= 4 is 24.0 Å². The van der Waals surface area contributed by atoms with E-state index in [1.54, 1.807) is 6.20 Å². The normalized spacial score (nSPS) is 11.3. The van der Waals surface area contributed by atoms with Gasteiger partial charge in [-0.2, -0.15) is 5.10 Å². The van der Waals surface area contributed by atoms with E-state index in [9.17, 15) is 4.79 Å². The third-order valence-electron chi connectivity index (χ3n) is 3.67. The zero-order valence-corrected chi connectivity index (χ0v) is 13.7. The van der Waals surface area contributed by atoms with Gasteiger partial charge >= 0.3 is 0 Å². The SMILES string of the molecule is CCC(CC)(CN)C(=O)Nc1cnn(CC(C)C)c1.Cl. The summed E-state index contributed by atoms with van der Waals surface area (Å²) in [6.07, 6.45) is 5.04. The highest BCUT2D eigenvalue weighted by Crippen LogP contribution is 2.26. The molecule has 20 heavy (non-hydrogen) atoms. The van der Waals surface area contributed by atoms with Crippen LogP contribution in [0.5, 0.6) is 0 Å². The molecule has 0 radical (unpaired) electrons. The van der Waals surface area contributed by atoms with Gasteiger partial charge in [0.1, 0.15) is 0 Å². The Morgan fingerprint density at radius 1 is 1.45 bits per heavy atom. The second kappa shape index (κ2) is 8.27. The molecule has 0 aliphatic carbocycles. The molecule has 0 fully saturated rings. The summed E-state index contributed by atoms with van der Waals surface area (Å²) in [5.41, 5.74) is 6.04. The van der Waals surface area contributed by atoms with E-state index in [0.717, 1.165) is 25.1 Å². The number of halogens is 1. The second-order valence-electron chi connectivity index (χ2n) is 5.49. The van der Waals surface area contributed by atoms with Gasteiger partial charge in [0.15, 0.2) is 0 Å². The van der Waals surface area contributed by atoms with E-state index in [2.05, 4.69) is 24.3 Å². The van der Waals surface area contributed by atoms with Crippen molar-refractivity contribution in [3.05, 3.63) is 12.4 Å². The lowest BCUT2D eigenvalue weighted by Gasteiger charge is -2.28. The third-order valence-corrected chi connectivity index (χ3v) is 3.67. The van der Waals surface area contributed by atoms with Gasteiger partial charge in [-0.25, -0.2) is 0 Å². The van der Waals surface area contributed by atoms with Gasteiger partial charge in [0.25, 0.3) is 0 Å². The molecule has 1 aromatic rings. The Labute approximate surface area is 127 Å². The van der Waals surface area contributed by atoms with Crippen LogP contribution in [0.2, 0.25) is 0 Å². The van der Waals surface area contributed by atoms with E-state index in [0.29, 0.717) is 12.5 Å². The predicted molar refractivity (Wildman–Crippen MR) is 85.0 cm³/mol. The lowest BCUT2D eigenvalue weighted by Crippen LogP contribution is -2.41. The number of rotatable bonds is 7. The molecular formula is C14H27ClN4O. The molecule has 0 spiro atoms. The smallest absolute Gasteiger partial charge is 0.231 e. The summed E-state index contributed by atoms with van der Waals surface area (Å²) in [5.74, 6) is 0.516. The van der Waals surface area contributed by atoms with Crippen molar-refractivity contribution in [2.24, 2.45) is 17.1 Å². The van der Waals surface area contributed by atoms with Crippen molar-refractivity contribution in [2.45, 2.75) is 47.1 Å². The second-order valence-corrected chi connectivity index (χ2v) is 5.49. The number of nitrogens with two attached hydrogens (primary N) is 1. The summed E-state index contributed by atoms with van der Waals surface area (Å²) >= 11 is 0. The molecule has 0 saturated heterocycles. The van der Waals surface area contributed by atoms with Crippen LogP contribution in [0.15, 0.2) is 12.4 Å². The Balaban J connectivity index is 0.00000361. The van der Waals surface area contributed by atoms with Crippen molar-refractivity contribution < 1.29 is 4.79 Å². The number of hydrogen-bond acceptors (Lipinski definition) is 3. The third kappa shape index (κ3) is 4.49. The largest absolute Gasteiger partial charge is 0.329 e. The number of amides is 1. The summed E-state index contributed by atoms with van der Waals surface area (Å²) in [7, 11) is 0. The maximum absolute atomic E-state index is 12.3. The van der Waals surface area contributed by atoms with Crippen LogP contribution < -0.4 is 11.1 Å². The van der Waals surface area contributed by atoms with Crippen LogP contribution in [0.4, 0.5) is 5.69 Å². The molecule has 1 amide bonds. The van der Waals surface area contributed by atoms with Crippen molar-refractivity contribution in [1.29, 1.82) is 0 Å². The van der Waals surface area contributed by atoms with Gasteiger partial charge in [-0.05, 0) is 18.8 Å². The van der Waals surface area contributed by atoms with Crippen LogP contribution in [0.3, 0.4) is 0 Å². The summed E-state index contributed by atoms with van der Waals surface area (Å²) in [5, 5.41) is 7.17. The quantitative estimate of drug-likeness (QED) is 0.813. The van der Waals surface area contributed by atoms with Crippen molar-refractivity contribution in [3.63, 3.8) is 0 Å². The van der Waals surface area contributed by atoms with Crippen molar-refractivity contribution in [2.75, 3.05) is 11.9 Å². The Morgan fingerprint density at radius 3 is 2.50 bits per heavy atom. The van der Waals surface area contributed by atoms with Crippen LogP contribution in [0.1, 0.15) is 40.5 Å². The van der Waals surface area contributed by atoms with Gasteiger partial charge in [0.2, 0.25) is 5.91 Å². The molecule has 5 nitrogen and oxygen atoms in total. The highest BCUT2D eigenvalue weighted by molar-refractivity contribution is 5.95. The van der Waals surface area contributed by atoms with Crippen LogP contribution >= 0.6 is 12.4 Å². The summed E-state index contributed by atoms with van der Waals surface area (Å²) in [4.78, 5) is 12.3. The molecule has 1 heterocycles. The molecule has 6 heteroatoms. The van der Waals surface area contributed by atoms with E-state index >= 15 is 0 Å². The summed E-state index contributed by atoms with van der Waals surface area (Å²) in [6, 6.07) is 0. The molecule has 0 bridgehead atoms. The van der Waals surface area contributed by atoms with Gasteiger partial charge in [-0.3, -0.25) is 9.48 Å². The molecule has 1 rings (SSSR count). The van der Waals surface area contributed by atoms with Crippen molar-refractivity contribution in [1.82, 2.24) is 9.78 Å². The van der Waals surface area contributed by atoms with Crippen molar-refractivity contribution in [3.8, 4) is 0 Å². The maximum atomic E-state index is 12.3. The Bertz CT molecular complexity index is 405. The lowest BCUT2D eigenvalue weighted by molar-refractivity contribution is -0.125. The molecule has 0 unspecified atom stereocenters. The molecular weight excluding hydrogens is 276 g/mol. The van der Waals surface area contributed by atoms with Gasteiger partial charge in [-0.15, -0.1) is 12.4 Å². The number of carbonyl (C=O) groups is 1. The molecule has 0 aliphatic heterocycles. The van der Waals surface area contributed by atoms with Gasteiger partial charge in [-0.1, -0.05) is 27.7 Å². The Hall–Kier alpha value is -1.07. The number of carbonyl (C=O) groups excluding carboxylic acids is 1. The van der Waals surface area contributed by atoms with E-state index in [4.69, 9.17) is 5.73 Å². The van der Waals surface area contributed by atoms with Gasteiger partial charge in [0, 0.05) is 19.3 Å². The standard InChI is InChI=1S/C14H26N4O.ClH/c1-5-14(6-2,10-15)13(19)17-12-7-16-18(9-12)8-11(3)4;/h7,9,11H,5-6,8,10,15H2,1-4H3,(H,17,19);1H. The lowest BCUT2D eigenvalue weighted by atomic mass is 9.81. The number of nitrogens with one attached hydrogen (secondary N) is 1. The first-order valence-electron chi connectivity index (χ1n) is 7.01. The summed E-state index contributed by atoms with van der Waals surface area (Å²) < 4.78 is 1.85. The topological polar surface area (TPSA) is 72.9 Å². The van der Waals surface area contributed by atoms with E-state index in [1.165, 1.54) is 0 Å².